The van der Waals surface area contributed by atoms with Crippen LogP contribution in [0.4, 0.5) is 5.69 Å². The Hall–Kier alpha value is -2.79. The number of hydrogen-bond donors (Lipinski definition) is 1. The lowest BCUT2D eigenvalue weighted by atomic mass is 10.2. The standard InChI is InChI=1S/C20H19NO3S/c1-15-8-9-16(2)20(14-15)25(22,23)21-17-10-12-19(13-11-17)24-18-6-4-3-5-7-18/h3-14,21H,1-2H3. The Kier molecular flexibility index (Phi) is 4.76. The van der Waals surface area contributed by atoms with E-state index in [0.717, 1.165) is 11.3 Å². The van der Waals surface area contributed by atoms with Gasteiger partial charge in [0.2, 0.25) is 0 Å². The van der Waals surface area contributed by atoms with Crippen molar-refractivity contribution in [3.05, 3.63) is 83.9 Å². The second-order valence-electron chi connectivity index (χ2n) is 5.81. The van der Waals surface area contributed by atoms with Gasteiger partial charge in [-0.25, -0.2) is 8.42 Å². The maximum atomic E-state index is 12.6. The minimum Gasteiger partial charge on any atom is -0.457 e. The van der Waals surface area contributed by atoms with E-state index in [1.54, 1.807) is 43.3 Å². The summed E-state index contributed by atoms with van der Waals surface area (Å²) in [6, 6.07) is 21.6. The molecule has 3 aromatic carbocycles. The zero-order chi connectivity index (χ0) is 17.9. The molecule has 0 aromatic heterocycles. The number of nitrogens with one attached hydrogen (secondary N) is 1. The van der Waals surface area contributed by atoms with E-state index in [1.165, 1.54) is 0 Å². The number of sulfonamides is 1. The minimum absolute atomic E-state index is 0.289. The van der Waals surface area contributed by atoms with Gasteiger partial charge in [0.25, 0.3) is 10.0 Å². The fraction of sp³-hybridized carbons (Fsp3) is 0.100. The van der Waals surface area contributed by atoms with Crippen LogP contribution in [-0.2, 0) is 10.0 Å². The summed E-state index contributed by atoms with van der Waals surface area (Å²) >= 11 is 0. The Balaban J connectivity index is 1.78. The molecule has 0 saturated carbocycles. The van der Waals surface area contributed by atoms with E-state index in [2.05, 4.69) is 4.72 Å². The van der Waals surface area contributed by atoms with Gasteiger partial charge in [-0.2, -0.15) is 0 Å². The molecule has 4 nitrogen and oxygen atoms in total. The first-order valence-corrected chi connectivity index (χ1v) is 9.35. The molecule has 0 atom stereocenters. The van der Waals surface area contributed by atoms with Crippen molar-refractivity contribution in [1.29, 1.82) is 0 Å². The first-order valence-electron chi connectivity index (χ1n) is 7.87. The Bertz CT molecular complexity index is 966. The lowest BCUT2D eigenvalue weighted by Crippen LogP contribution is -2.14. The SMILES string of the molecule is Cc1ccc(C)c(S(=O)(=O)Nc2ccc(Oc3ccccc3)cc2)c1. The zero-order valence-electron chi connectivity index (χ0n) is 14.1. The number of para-hydroxylation sites is 1. The van der Waals surface area contributed by atoms with Crippen LogP contribution in [0.2, 0.25) is 0 Å². The zero-order valence-corrected chi connectivity index (χ0v) is 14.9. The van der Waals surface area contributed by atoms with Gasteiger partial charge in [0.05, 0.1) is 4.90 Å². The largest absolute Gasteiger partial charge is 0.457 e. The summed E-state index contributed by atoms with van der Waals surface area (Å²) in [7, 11) is -3.63. The van der Waals surface area contributed by atoms with Gasteiger partial charge < -0.3 is 4.74 Å². The molecule has 0 aliphatic carbocycles. The van der Waals surface area contributed by atoms with Crippen molar-refractivity contribution in [2.24, 2.45) is 0 Å². The molecule has 0 aliphatic heterocycles. The molecule has 0 amide bonds. The summed E-state index contributed by atoms with van der Waals surface area (Å²) in [5.74, 6) is 1.37. The van der Waals surface area contributed by atoms with E-state index in [4.69, 9.17) is 4.74 Å². The van der Waals surface area contributed by atoms with Crippen LogP contribution >= 0.6 is 0 Å². The van der Waals surface area contributed by atoms with E-state index < -0.39 is 10.0 Å². The van der Waals surface area contributed by atoms with Crippen LogP contribution in [0.15, 0.2) is 77.7 Å². The molecule has 0 unspecified atom stereocenters. The number of ether oxygens (including phenoxy) is 1. The van der Waals surface area contributed by atoms with Crippen molar-refractivity contribution in [2.75, 3.05) is 4.72 Å². The van der Waals surface area contributed by atoms with Crippen LogP contribution < -0.4 is 9.46 Å². The third-order valence-corrected chi connectivity index (χ3v) is 5.24. The first kappa shape index (κ1) is 17.0. The molecule has 0 aliphatic rings. The van der Waals surface area contributed by atoms with Gasteiger partial charge in [0, 0.05) is 5.69 Å². The molecule has 1 N–H and O–H groups in total. The lowest BCUT2D eigenvalue weighted by Gasteiger charge is -2.12. The van der Waals surface area contributed by atoms with Crippen LogP contribution in [0, 0.1) is 13.8 Å². The van der Waals surface area contributed by atoms with E-state index >= 15 is 0 Å². The van der Waals surface area contributed by atoms with Crippen LogP contribution in [0.3, 0.4) is 0 Å². The highest BCUT2D eigenvalue weighted by molar-refractivity contribution is 7.92. The molecule has 3 rings (SSSR count). The van der Waals surface area contributed by atoms with Gasteiger partial charge in [-0.05, 0) is 67.4 Å². The van der Waals surface area contributed by atoms with Gasteiger partial charge in [-0.1, -0.05) is 30.3 Å². The Morgan fingerprint density at radius 1 is 0.800 bits per heavy atom. The van der Waals surface area contributed by atoms with Gasteiger partial charge in [-0.3, -0.25) is 4.72 Å². The van der Waals surface area contributed by atoms with Gasteiger partial charge in [-0.15, -0.1) is 0 Å². The van der Waals surface area contributed by atoms with E-state index in [-0.39, 0.29) is 4.90 Å². The molecule has 0 radical (unpaired) electrons. The molecule has 0 heterocycles. The Labute approximate surface area is 148 Å². The van der Waals surface area contributed by atoms with Gasteiger partial charge in [0.1, 0.15) is 11.5 Å². The molecular weight excluding hydrogens is 334 g/mol. The van der Waals surface area contributed by atoms with Crippen LogP contribution in [0.5, 0.6) is 11.5 Å². The highest BCUT2D eigenvalue weighted by Gasteiger charge is 2.17. The first-order chi connectivity index (χ1) is 11.9. The molecule has 25 heavy (non-hydrogen) atoms. The highest BCUT2D eigenvalue weighted by Crippen LogP contribution is 2.25. The lowest BCUT2D eigenvalue weighted by molar-refractivity contribution is 0.483. The predicted octanol–water partition coefficient (Wildman–Crippen LogP) is 4.90. The second-order valence-corrected chi connectivity index (χ2v) is 7.46. The monoisotopic (exact) mass is 353 g/mol. The van der Waals surface area contributed by atoms with Crippen molar-refractivity contribution in [2.45, 2.75) is 18.7 Å². The molecule has 0 spiro atoms. The topological polar surface area (TPSA) is 55.4 Å². The van der Waals surface area contributed by atoms with Crippen molar-refractivity contribution in [3.63, 3.8) is 0 Å². The minimum atomic E-state index is -3.63. The molecule has 0 bridgehead atoms. The number of benzene rings is 3. The van der Waals surface area contributed by atoms with E-state index in [0.29, 0.717) is 17.0 Å². The van der Waals surface area contributed by atoms with Gasteiger partial charge in [0.15, 0.2) is 0 Å². The van der Waals surface area contributed by atoms with Crippen LogP contribution in [-0.4, -0.2) is 8.42 Å². The summed E-state index contributed by atoms with van der Waals surface area (Å²) in [5, 5.41) is 0. The molecular formula is C20H19NO3S. The summed E-state index contributed by atoms with van der Waals surface area (Å²) in [4.78, 5) is 0.289. The molecule has 0 fully saturated rings. The summed E-state index contributed by atoms with van der Waals surface area (Å²) < 4.78 is 33.5. The van der Waals surface area contributed by atoms with E-state index in [9.17, 15) is 8.42 Å². The number of anilines is 1. The highest BCUT2D eigenvalue weighted by atomic mass is 32.2. The normalized spacial score (nSPS) is 11.1. The van der Waals surface area contributed by atoms with Crippen molar-refractivity contribution < 1.29 is 13.2 Å². The average molecular weight is 353 g/mol. The average Bonchev–Trinajstić information content (AvgIpc) is 2.59. The maximum absolute atomic E-state index is 12.6. The molecule has 0 saturated heterocycles. The fourth-order valence-corrected chi connectivity index (χ4v) is 3.81. The van der Waals surface area contributed by atoms with Crippen LogP contribution in [0.1, 0.15) is 11.1 Å². The predicted molar refractivity (Wildman–Crippen MR) is 99.7 cm³/mol. The summed E-state index contributed by atoms with van der Waals surface area (Å²) in [6.07, 6.45) is 0. The quantitative estimate of drug-likeness (QED) is 0.710. The Morgan fingerprint density at radius 2 is 1.44 bits per heavy atom. The van der Waals surface area contributed by atoms with Crippen molar-refractivity contribution in [3.8, 4) is 11.5 Å². The third kappa shape index (κ3) is 4.19. The fourth-order valence-electron chi connectivity index (χ4n) is 2.42. The van der Waals surface area contributed by atoms with Gasteiger partial charge >= 0.3 is 0 Å². The molecule has 5 heteroatoms. The second kappa shape index (κ2) is 6.99. The van der Waals surface area contributed by atoms with Crippen molar-refractivity contribution in [1.82, 2.24) is 0 Å². The maximum Gasteiger partial charge on any atom is 0.262 e. The number of hydrogen-bond acceptors (Lipinski definition) is 3. The molecule has 3 aromatic rings. The summed E-state index contributed by atoms with van der Waals surface area (Å²) in [6.45, 7) is 3.65. The number of rotatable bonds is 5. The molecule has 128 valence electrons. The smallest absolute Gasteiger partial charge is 0.262 e. The number of aryl methyl sites for hydroxylation is 2. The Morgan fingerprint density at radius 3 is 2.12 bits per heavy atom. The van der Waals surface area contributed by atoms with E-state index in [1.807, 2.05) is 43.3 Å². The summed E-state index contributed by atoms with van der Waals surface area (Å²) in [5.41, 5.74) is 2.10. The van der Waals surface area contributed by atoms with Crippen molar-refractivity contribution >= 4 is 15.7 Å². The van der Waals surface area contributed by atoms with Crippen LogP contribution in [0.25, 0.3) is 0 Å². The third-order valence-electron chi connectivity index (χ3n) is 3.72.